The maximum atomic E-state index is 6.06. The van der Waals surface area contributed by atoms with Gasteiger partial charge in [0.1, 0.15) is 0 Å². The van der Waals surface area contributed by atoms with E-state index in [4.69, 9.17) is 14.2 Å². The van der Waals surface area contributed by atoms with Crippen LogP contribution in [0.5, 0.6) is 0 Å². The molecule has 3 atom stereocenters. The molecule has 1 aromatic rings. The van der Waals surface area contributed by atoms with Gasteiger partial charge in [0, 0.05) is 25.3 Å². The molecule has 2 rings (SSSR count). The van der Waals surface area contributed by atoms with E-state index >= 15 is 0 Å². The van der Waals surface area contributed by atoms with E-state index in [0.29, 0.717) is 6.61 Å². The van der Waals surface area contributed by atoms with Crippen LogP contribution < -0.4 is 0 Å². The van der Waals surface area contributed by atoms with Crippen molar-refractivity contribution >= 4 is 17.4 Å². The summed E-state index contributed by atoms with van der Waals surface area (Å²) in [6, 6.07) is 0. The van der Waals surface area contributed by atoms with Crippen molar-refractivity contribution < 1.29 is 14.2 Å². The van der Waals surface area contributed by atoms with Gasteiger partial charge in [-0.1, -0.05) is 12.2 Å². The van der Waals surface area contributed by atoms with Crippen molar-refractivity contribution in [3.05, 3.63) is 33.8 Å². The van der Waals surface area contributed by atoms with Gasteiger partial charge in [-0.15, -0.1) is 11.3 Å². The maximum Gasteiger partial charge on any atom is 0.281 e. The maximum absolute atomic E-state index is 6.06. The molecular formula is C17H25NO3S. The zero-order chi connectivity index (χ0) is 16.3. The third kappa shape index (κ3) is 4.26. The predicted octanol–water partition coefficient (Wildman–Crippen LogP) is 4.32. The summed E-state index contributed by atoms with van der Waals surface area (Å²) in [4.78, 5) is 4.48. The van der Waals surface area contributed by atoms with Gasteiger partial charge in [0.25, 0.3) is 5.97 Å². The smallest absolute Gasteiger partial charge is 0.281 e. The van der Waals surface area contributed by atoms with E-state index in [-0.39, 0.29) is 12.2 Å². The van der Waals surface area contributed by atoms with E-state index in [1.165, 1.54) is 0 Å². The molecule has 122 valence electrons. The highest BCUT2D eigenvalue weighted by atomic mass is 32.1. The first-order chi connectivity index (χ1) is 10.3. The van der Waals surface area contributed by atoms with Gasteiger partial charge in [-0.2, -0.15) is 0 Å². The van der Waals surface area contributed by atoms with Crippen LogP contribution in [0.15, 0.2) is 23.1 Å². The quantitative estimate of drug-likeness (QED) is 0.757. The van der Waals surface area contributed by atoms with Gasteiger partial charge in [-0.05, 0) is 39.3 Å². The van der Waals surface area contributed by atoms with Crippen LogP contribution >= 0.6 is 11.3 Å². The first kappa shape index (κ1) is 17.3. The van der Waals surface area contributed by atoms with Crippen LogP contribution in [0.2, 0.25) is 0 Å². The summed E-state index contributed by atoms with van der Waals surface area (Å²) < 4.78 is 17.6. The minimum Gasteiger partial charge on any atom is -0.328 e. The summed E-state index contributed by atoms with van der Waals surface area (Å²) in [5.74, 6) is -1.03. The molecule has 5 heteroatoms. The number of hydrogen-bond donors (Lipinski definition) is 0. The number of thiazole rings is 1. The zero-order valence-electron chi connectivity index (χ0n) is 14.0. The monoisotopic (exact) mass is 323 g/mol. The summed E-state index contributed by atoms with van der Waals surface area (Å²) in [5.41, 5.74) is 3.07. The van der Waals surface area contributed by atoms with Crippen molar-refractivity contribution in [2.24, 2.45) is 0 Å². The van der Waals surface area contributed by atoms with Gasteiger partial charge in [-0.3, -0.25) is 0 Å². The van der Waals surface area contributed by atoms with Crippen molar-refractivity contribution in [1.82, 2.24) is 4.98 Å². The van der Waals surface area contributed by atoms with E-state index in [1.807, 2.05) is 27.7 Å². The average Bonchev–Trinajstić information content (AvgIpc) is 2.83. The molecule has 2 heterocycles. The Morgan fingerprint density at radius 3 is 2.73 bits per heavy atom. The summed E-state index contributed by atoms with van der Waals surface area (Å²) >= 11 is 1.65. The summed E-state index contributed by atoms with van der Waals surface area (Å²) in [5, 5.41) is 3.11. The standard InChI is InChI=1S/C17H25NO3S/c1-7-19-17(6)20-15(11(2)3)9-16(21-17)12(4)8-14-10-22-13(5)18-14/h8,10,15-16H,2,7,9H2,1,3-6H3/b12-8+/t15-,16+,17-/m1/s1. The van der Waals surface area contributed by atoms with E-state index in [2.05, 4.69) is 29.9 Å². The first-order valence-electron chi connectivity index (χ1n) is 7.58. The molecule has 1 aromatic heterocycles. The molecule has 0 aliphatic carbocycles. The lowest BCUT2D eigenvalue weighted by atomic mass is 9.99. The van der Waals surface area contributed by atoms with Crippen LogP contribution in [0.4, 0.5) is 0 Å². The molecule has 0 N–H and O–H groups in total. The van der Waals surface area contributed by atoms with Crippen LogP contribution in [-0.2, 0) is 14.2 Å². The number of hydrogen-bond acceptors (Lipinski definition) is 5. The Bertz CT molecular complexity index is 566. The first-order valence-corrected chi connectivity index (χ1v) is 8.46. The third-order valence-corrected chi connectivity index (χ3v) is 4.41. The minimum atomic E-state index is -1.03. The van der Waals surface area contributed by atoms with Gasteiger partial charge >= 0.3 is 0 Å². The molecule has 0 unspecified atom stereocenters. The minimum absolute atomic E-state index is 0.0733. The molecular weight excluding hydrogens is 298 g/mol. The Morgan fingerprint density at radius 1 is 1.50 bits per heavy atom. The molecule has 22 heavy (non-hydrogen) atoms. The lowest BCUT2D eigenvalue weighted by Crippen LogP contribution is -2.49. The van der Waals surface area contributed by atoms with Gasteiger partial charge in [0.05, 0.1) is 22.9 Å². The van der Waals surface area contributed by atoms with Crippen molar-refractivity contribution in [1.29, 1.82) is 0 Å². The second-order valence-electron chi connectivity index (χ2n) is 5.77. The van der Waals surface area contributed by atoms with Crippen molar-refractivity contribution in [3.63, 3.8) is 0 Å². The van der Waals surface area contributed by atoms with Crippen LogP contribution in [0, 0.1) is 6.92 Å². The van der Waals surface area contributed by atoms with E-state index in [1.54, 1.807) is 11.3 Å². The SMILES string of the molecule is C=C(C)[C@H]1C[C@@H](/C(C)=C/c2csc(C)n2)O[C@](C)(OCC)O1. The number of aromatic nitrogens is 1. The second kappa shape index (κ2) is 7.04. The fraction of sp³-hybridized carbons (Fsp3) is 0.588. The van der Waals surface area contributed by atoms with Crippen molar-refractivity contribution in [3.8, 4) is 0 Å². The number of ether oxygens (including phenoxy) is 3. The van der Waals surface area contributed by atoms with Gasteiger partial charge < -0.3 is 14.2 Å². The highest BCUT2D eigenvalue weighted by molar-refractivity contribution is 7.09. The molecule has 0 bridgehead atoms. The third-order valence-electron chi connectivity index (χ3n) is 3.62. The largest absolute Gasteiger partial charge is 0.328 e. The Hall–Kier alpha value is -1.01. The van der Waals surface area contributed by atoms with E-state index < -0.39 is 5.97 Å². The van der Waals surface area contributed by atoms with Crippen LogP contribution in [0.25, 0.3) is 6.08 Å². The van der Waals surface area contributed by atoms with Crippen LogP contribution in [0.3, 0.4) is 0 Å². The van der Waals surface area contributed by atoms with Crippen molar-refractivity contribution in [2.75, 3.05) is 6.61 Å². The molecule has 0 spiro atoms. The van der Waals surface area contributed by atoms with E-state index in [0.717, 1.165) is 28.3 Å². The van der Waals surface area contributed by atoms with Crippen molar-refractivity contribution in [2.45, 2.75) is 59.2 Å². The second-order valence-corrected chi connectivity index (χ2v) is 6.83. The Labute approximate surface area is 136 Å². The van der Waals surface area contributed by atoms with Gasteiger partial charge in [0.2, 0.25) is 0 Å². The summed E-state index contributed by atoms with van der Waals surface area (Å²) in [6.07, 6.45) is 2.66. The summed E-state index contributed by atoms with van der Waals surface area (Å²) in [7, 11) is 0. The zero-order valence-corrected chi connectivity index (χ0v) is 14.8. The highest BCUT2D eigenvalue weighted by Crippen LogP contribution is 2.34. The van der Waals surface area contributed by atoms with Crippen LogP contribution in [0.1, 0.15) is 44.8 Å². The predicted molar refractivity (Wildman–Crippen MR) is 89.7 cm³/mol. The fourth-order valence-corrected chi connectivity index (χ4v) is 3.09. The topological polar surface area (TPSA) is 40.6 Å². The summed E-state index contributed by atoms with van der Waals surface area (Å²) in [6.45, 7) is 14.3. The van der Waals surface area contributed by atoms with E-state index in [9.17, 15) is 0 Å². The Balaban J connectivity index is 2.20. The normalized spacial score (nSPS) is 29.6. The number of rotatable bonds is 5. The lowest BCUT2D eigenvalue weighted by molar-refractivity contribution is -0.412. The molecule has 0 saturated carbocycles. The highest BCUT2D eigenvalue weighted by Gasteiger charge is 2.40. The lowest BCUT2D eigenvalue weighted by Gasteiger charge is -2.42. The Kier molecular flexibility index (Phi) is 5.55. The Morgan fingerprint density at radius 2 is 2.18 bits per heavy atom. The number of nitrogens with zero attached hydrogens (tertiary/aromatic N) is 1. The molecule has 1 aliphatic rings. The van der Waals surface area contributed by atoms with Gasteiger partial charge in [0.15, 0.2) is 0 Å². The average molecular weight is 323 g/mol. The molecule has 1 aliphatic heterocycles. The molecule has 4 nitrogen and oxygen atoms in total. The molecule has 0 amide bonds. The van der Waals surface area contributed by atoms with Gasteiger partial charge in [-0.25, -0.2) is 4.98 Å². The molecule has 0 aromatic carbocycles. The molecule has 1 fully saturated rings. The van der Waals surface area contributed by atoms with Crippen LogP contribution in [-0.4, -0.2) is 29.8 Å². The molecule has 0 radical (unpaired) electrons. The number of aryl methyl sites for hydroxylation is 1. The fourth-order valence-electron chi connectivity index (χ4n) is 2.52. The molecule has 1 saturated heterocycles.